The van der Waals surface area contributed by atoms with Crippen LogP contribution in [-0.2, 0) is 4.79 Å². The van der Waals surface area contributed by atoms with Gasteiger partial charge in [-0.15, -0.1) is 0 Å². The Morgan fingerprint density at radius 1 is 1.33 bits per heavy atom. The van der Waals surface area contributed by atoms with E-state index >= 15 is 0 Å². The van der Waals surface area contributed by atoms with E-state index in [-0.39, 0.29) is 11.9 Å². The van der Waals surface area contributed by atoms with Crippen LogP contribution in [0.4, 0.5) is 5.69 Å². The third-order valence-electron chi connectivity index (χ3n) is 3.08. The van der Waals surface area contributed by atoms with Gasteiger partial charge >= 0.3 is 0 Å². The summed E-state index contributed by atoms with van der Waals surface area (Å²) >= 11 is 5.87. The number of nitrogens with one attached hydrogen (secondary N) is 2. The second-order valence-corrected chi connectivity index (χ2v) is 4.73. The van der Waals surface area contributed by atoms with Crippen molar-refractivity contribution in [3.8, 4) is 0 Å². The molecule has 1 aromatic heterocycles. The molecule has 1 unspecified atom stereocenters. The number of aromatic nitrogens is 1. The van der Waals surface area contributed by atoms with Gasteiger partial charge in [-0.3, -0.25) is 4.79 Å². The summed E-state index contributed by atoms with van der Waals surface area (Å²) in [5, 5.41) is 8.54. The van der Waals surface area contributed by atoms with Gasteiger partial charge in [0.05, 0.1) is 0 Å². The summed E-state index contributed by atoms with van der Waals surface area (Å²) in [6.45, 7) is 0.736. The van der Waals surface area contributed by atoms with E-state index in [2.05, 4.69) is 15.6 Å². The Kier molecular flexibility index (Phi) is 2.80. The van der Waals surface area contributed by atoms with Crippen LogP contribution in [0, 0.1) is 0 Å². The highest BCUT2D eigenvalue weighted by Gasteiger charge is 2.23. The van der Waals surface area contributed by atoms with Crippen molar-refractivity contribution >= 4 is 34.0 Å². The van der Waals surface area contributed by atoms with Crippen molar-refractivity contribution in [2.24, 2.45) is 0 Å². The summed E-state index contributed by atoms with van der Waals surface area (Å²) in [4.78, 5) is 15.5. The summed E-state index contributed by atoms with van der Waals surface area (Å²) in [6, 6.07) is 7.57. The molecular weight excluding hydrogens is 250 g/mol. The van der Waals surface area contributed by atoms with E-state index in [1.54, 1.807) is 6.20 Å². The van der Waals surface area contributed by atoms with Crippen molar-refractivity contribution in [1.82, 2.24) is 10.3 Å². The first kappa shape index (κ1) is 11.3. The first-order valence-electron chi connectivity index (χ1n) is 5.82. The average Bonchev–Trinajstić information content (AvgIpc) is 2.74. The van der Waals surface area contributed by atoms with Gasteiger partial charge < -0.3 is 10.6 Å². The summed E-state index contributed by atoms with van der Waals surface area (Å²) in [7, 11) is 0. The Balaban J connectivity index is 1.90. The molecule has 0 radical (unpaired) electrons. The van der Waals surface area contributed by atoms with Crippen LogP contribution in [0.2, 0.25) is 5.15 Å². The Morgan fingerprint density at radius 2 is 2.22 bits per heavy atom. The molecule has 2 N–H and O–H groups in total. The quantitative estimate of drug-likeness (QED) is 0.815. The van der Waals surface area contributed by atoms with Crippen LogP contribution >= 0.6 is 11.6 Å². The lowest BCUT2D eigenvalue weighted by Crippen LogP contribution is -2.29. The van der Waals surface area contributed by atoms with Crippen LogP contribution in [0.5, 0.6) is 0 Å². The molecule has 1 fully saturated rings. The normalized spacial score (nSPS) is 18.9. The fourth-order valence-corrected chi connectivity index (χ4v) is 2.30. The van der Waals surface area contributed by atoms with Crippen molar-refractivity contribution in [1.29, 1.82) is 0 Å². The van der Waals surface area contributed by atoms with Crippen molar-refractivity contribution in [3.63, 3.8) is 0 Å². The number of fused-ring (bicyclic) bond motifs is 1. The van der Waals surface area contributed by atoms with Crippen molar-refractivity contribution in [2.75, 3.05) is 11.9 Å². The summed E-state index contributed by atoms with van der Waals surface area (Å²) in [5.74, 6) is 0.0582. The molecule has 0 saturated carbocycles. The summed E-state index contributed by atoms with van der Waals surface area (Å²) in [5.41, 5.74) is 0.923. The number of anilines is 1. The van der Waals surface area contributed by atoms with Gasteiger partial charge in [0, 0.05) is 23.8 Å². The van der Waals surface area contributed by atoms with Gasteiger partial charge in [-0.05, 0) is 30.0 Å². The van der Waals surface area contributed by atoms with Gasteiger partial charge in [-0.25, -0.2) is 4.98 Å². The second-order valence-electron chi connectivity index (χ2n) is 4.35. The molecule has 0 bridgehead atoms. The van der Waals surface area contributed by atoms with E-state index in [1.807, 2.05) is 24.3 Å². The molecule has 1 aliphatic heterocycles. The Morgan fingerprint density at radius 3 is 3.00 bits per heavy atom. The maximum absolute atomic E-state index is 11.5. The SMILES string of the molecule is O=C1NCCC1Nc1ccc2cnc(Cl)cc2c1. The lowest BCUT2D eigenvalue weighted by Gasteiger charge is -2.12. The van der Waals surface area contributed by atoms with E-state index in [1.165, 1.54) is 0 Å². The molecule has 4 nitrogen and oxygen atoms in total. The third-order valence-corrected chi connectivity index (χ3v) is 3.28. The van der Waals surface area contributed by atoms with Crippen LogP contribution in [-0.4, -0.2) is 23.5 Å². The molecule has 1 amide bonds. The highest BCUT2D eigenvalue weighted by molar-refractivity contribution is 6.30. The van der Waals surface area contributed by atoms with Gasteiger partial charge in [0.15, 0.2) is 0 Å². The highest BCUT2D eigenvalue weighted by Crippen LogP contribution is 2.22. The number of hydrogen-bond acceptors (Lipinski definition) is 3. The number of halogens is 1. The van der Waals surface area contributed by atoms with Crippen LogP contribution < -0.4 is 10.6 Å². The van der Waals surface area contributed by atoms with Crippen LogP contribution in [0.3, 0.4) is 0 Å². The largest absolute Gasteiger partial charge is 0.374 e. The topological polar surface area (TPSA) is 54.0 Å². The van der Waals surface area contributed by atoms with E-state index in [0.717, 1.165) is 29.4 Å². The van der Waals surface area contributed by atoms with Crippen LogP contribution in [0.15, 0.2) is 30.5 Å². The van der Waals surface area contributed by atoms with E-state index in [9.17, 15) is 4.79 Å². The maximum atomic E-state index is 11.5. The summed E-state index contributed by atoms with van der Waals surface area (Å²) < 4.78 is 0. The lowest BCUT2D eigenvalue weighted by atomic mass is 10.1. The smallest absolute Gasteiger partial charge is 0.242 e. The maximum Gasteiger partial charge on any atom is 0.242 e. The van der Waals surface area contributed by atoms with Gasteiger partial charge in [-0.1, -0.05) is 17.7 Å². The van der Waals surface area contributed by atoms with Gasteiger partial charge in [-0.2, -0.15) is 0 Å². The average molecular weight is 262 g/mol. The molecule has 92 valence electrons. The predicted molar refractivity (Wildman–Crippen MR) is 71.8 cm³/mol. The highest BCUT2D eigenvalue weighted by atomic mass is 35.5. The Labute approximate surface area is 109 Å². The Hall–Kier alpha value is -1.81. The molecule has 0 spiro atoms. The van der Waals surface area contributed by atoms with Crippen LogP contribution in [0.1, 0.15) is 6.42 Å². The molecule has 3 rings (SSSR count). The Bertz CT molecular complexity index is 614. The van der Waals surface area contributed by atoms with Gasteiger partial charge in [0.1, 0.15) is 11.2 Å². The number of rotatable bonds is 2. The molecule has 0 aliphatic carbocycles. The molecule has 5 heteroatoms. The van der Waals surface area contributed by atoms with Gasteiger partial charge in [0.25, 0.3) is 0 Å². The molecule has 1 saturated heterocycles. The number of amides is 1. The molecule has 1 atom stereocenters. The number of benzene rings is 1. The zero-order chi connectivity index (χ0) is 12.5. The monoisotopic (exact) mass is 261 g/mol. The first-order valence-corrected chi connectivity index (χ1v) is 6.20. The van der Waals surface area contributed by atoms with Gasteiger partial charge in [0.2, 0.25) is 5.91 Å². The number of nitrogens with zero attached hydrogens (tertiary/aromatic N) is 1. The van der Waals surface area contributed by atoms with E-state index in [4.69, 9.17) is 11.6 Å². The molecule has 1 aromatic carbocycles. The molecule has 18 heavy (non-hydrogen) atoms. The van der Waals surface area contributed by atoms with E-state index in [0.29, 0.717) is 5.15 Å². The minimum Gasteiger partial charge on any atom is -0.374 e. The summed E-state index contributed by atoms with van der Waals surface area (Å²) in [6.07, 6.45) is 2.55. The number of carbonyl (C=O) groups excluding carboxylic acids is 1. The number of carbonyl (C=O) groups is 1. The third kappa shape index (κ3) is 2.11. The minimum atomic E-state index is -0.139. The standard InChI is InChI=1S/C13H12ClN3O/c14-12-6-9-5-10(2-1-8(9)7-16-12)17-11-3-4-15-13(11)18/h1-2,5-7,11,17H,3-4H2,(H,15,18). The predicted octanol–water partition coefficient (Wildman–Crippen LogP) is 2.19. The zero-order valence-electron chi connectivity index (χ0n) is 9.61. The fraction of sp³-hybridized carbons (Fsp3) is 0.231. The van der Waals surface area contributed by atoms with E-state index < -0.39 is 0 Å². The molecule has 2 heterocycles. The molecular formula is C13H12ClN3O. The zero-order valence-corrected chi connectivity index (χ0v) is 10.4. The van der Waals surface area contributed by atoms with Crippen molar-refractivity contribution in [2.45, 2.75) is 12.5 Å². The number of pyridine rings is 1. The molecule has 2 aromatic rings. The van der Waals surface area contributed by atoms with Crippen molar-refractivity contribution < 1.29 is 4.79 Å². The minimum absolute atomic E-state index is 0.0582. The lowest BCUT2D eigenvalue weighted by molar-refractivity contribution is -0.119. The number of hydrogen-bond donors (Lipinski definition) is 2. The van der Waals surface area contributed by atoms with Crippen LogP contribution in [0.25, 0.3) is 10.8 Å². The van der Waals surface area contributed by atoms with Crippen molar-refractivity contribution in [3.05, 3.63) is 35.6 Å². The first-order chi connectivity index (χ1) is 8.72. The molecule has 1 aliphatic rings. The fourth-order valence-electron chi connectivity index (χ4n) is 2.14. The second kappa shape index (κ2) is 4.46.